The standard InChI is InChI=1S/C23H27ClF2N6O2/c1-2-7-27-20-18(26)19(29-13-30-20)23(31-16-11-14(24)10-15(25)12-16)6-4-9-32(22(23)34)17-5-3-8-28-21(17)33/h10-13,17,31H,2-9H2,1H3,(H,28,33)(H,27,29,30)/t17-,23?/m1/s1. The van der Waals surface area contributed by atoms with Crippen LogP contribution in [0.1, 0.15) is 44.7 Å². The van der Waals surface area contributed by atoms with Gasteiger partial charge in [-0.2, -0.15) is 0 Å². The Morgan fingerprint density at radius 3 is 2.79 bits per heavy atom. The van der Waals surface area contributed by atoms with Crippen LogP contribution in [-0.4, -0.2) is 52.4 Å². The Labute approximate surface area is 201 Å². The summed E-state index contributed by atoms with van der Waals surface area (Å²) in [5.41, 5.74) is -1.63. The van der Waals surface area contributed by atoms with E-state index in [-0.39, 0.29) is 34.5 Å². The number of carbonyl (C=O) groups is 2. The minimum absolute atomic E-state index is 0.0226. The van der Waals surface area contributed by atoms with Gasteiger partial charge in [-0.1, -0.05) is 18.5 Å². The van der Waals surface area contributed by atoms with Gasteiger partial charge in [-0.3, -0.25) is 9.59 Å². The number of amides is 2. The first kappa shape index (κ1) is 24.1. The summed E-state index contributed by atoms with van der Waals surface area (Å²) in [5, 5.41) is 8.88. The van der Waals surface area contributed by atoms with Gasteiger partial charge in [0.1, 0.15) is 23.9 Å². The predicted octanol–water partition coefficient (Wildman–Crippen LogP) is 3.44. The number of hydrogen-bond donors (Lipinski definition) is 3. The zero-order valence-corrected chi connectivity index (χ0v) is 19.6. The minimum Gasteiger partial charge on any atom is -0.368 e. The Hall–Kier alpha value is -3.01. The van der Waals surface area contributed by atoms with Crippen molar-refractivity contribution in [2.75, 3.05) is 30.3 Å². The molecule has 1 unspecified atom stereocenters. The molecule has 2 atom stereocenters. The normalized spacial score (nSPS) is 22.9. The topological polar surface area (TPSA) is 99.2 Å². The number of likely N-dealkylation sites (tertiary alicyclic amines) is 1. The van der Waals surface area contributed by atoms with Crippen LogP contribution in [0.4, 0.5) is 20.3 Å². The third kappa shape index (κ3) is 4.64. The molecule has 2 aliphatic heterocycles. The lowest BCUT2D eigenvalue weighted by atomic mass is 9.82. The fraction of sp³-hybridized carbons (Fsp3) is 0.478. The second kappa shape index (κ2) is 10.1. The molecule has 2 amide bonds. The number of piperidine rings is 2. The van der Waals surface area contributed by atoms with Crippen LogP contribution in [0.25, 0.3) is 0 Å². The summed E-state index contributed by atoms with van der Waals surface area (Å²) in [6.45, 7) is 3.31. The molecule has 0 radical (unpaired) electrons. The fourth-order valence-electron chi connectivity index (χ4n) is 4.62. The van der Waals surface area contributed by atoms with Crippen LogP contribution >= 0.6 is 11.6 Å². The summed E-state index contributed by atoms with van der Waals surface area (Å²) >= 11 is 6.04. The highest BCUT2D eigenvalue weighted by molar-refractivity contribution is 6.30. The molecule has 0 saturated carbocycles. The van der Waals surface area contributed by atoms with Crippen LogP contribution in [-0.2, 0) is 15.1 Å². The van der Waals surface area contributed by atoms with Gasteiger partial charge in [0.2, 0.25) is 5.91 Å². The second-order valence-corrected chi connectivity index (χ2v) is 8.99. The summed E-state index contributed by atoms with van der Waals surface area (Å²) in [4.78, 5) is 36.3. The van der Waals surface area contributed by atoms with Gasteiger partial charge in [-0.25, -0.2) is 18.7 Å². The second-order valence-electron chi connectivity index (χ2n) is 8.55. The summed E-state index contributed by atoms with van der Waals surface area (Å²) in [7, 11) is 0. The van der Waals surface area contributed by atoms with E-state index in [0.717, 1.165) is 18.9 Å². The maximum atomic E-state index is 15.7. The minimum atomic E-state index is -1.68. The molecule has 0 spiro atoms. The van der Waals surface area contributed by atoms with Crippen molar-refractivity contribution >= 4 is 34.9 Å². The first-order chi connectivity index (χ1) is 16.4. The molecule has 182 valence electrons. The number of rotatable bonds is 7. The van der Waals surface area contributed by atoms with Gasteiger partial charge in [0.15, 0.2) is 17.2 Å². The summed E-state index contributed by atoms with van der Waals surface area (Å²) in [5.74, 6) is -2.14. The average molecular weight is 493 g/mol. The van der Waals surface area contributed by atoms with Gasteiger partial charge in [0, 0.05) is 30.3 Å². The van der Waals surface area contributed by atoms with E-state index >= 15 is 4.39 Å². The lowest BCUT2D eigenvalue weighted by Crippen LogP contribution is -2.62. The van der Waals surface area contributed by atoms with Gasteiger partial charge in [-0.15, -0.1) is 0 Å². The Morgan fingerprint density at radius 1 is 1.24 bits per heavy atom. The zero-order valence-electron chi connectivity index (χ0n) is 18.8. The molecule has 4 rings (SSSR count). The van der Waals surface area contributed by atoms with E-state index in [1.165, 1.54) is 23.4 Å². The van der Waals surface area contributed by atoms with Crippen molar-refractivity contribution in [3.8, 4) is 0 Å². The summed E-state index contributed by atoms with van der Waals surface area (Å²) in [6.07, 6.45) is 3.84. The SMILES string of the molecule is CCCNc1ncnc(C2(Nc3cc(F)cc(Cl)c3)CCCN([C@@H]3CCCNC3=O)C2=O)c1F. The van der Waals surface area contributed by atoms with Crippen LogP contribution in [0.15, 0.2) is 24.5 Å². The van der Waals surface area contributed by atoms with Crippen molar-refractivity contribution in [1.82, 2.24) is 20.2 Å². The molecule has 3 N–H and O–H groups in total. The van der Waals surface area contributed by atoms with Crippen molar-refractivity contribution in [3.05, 3.63) is 46.9 Å². The number of aromatic nitrogens is 2. The molecule has 3 heterocycles. The van der Waals surface area contributed by atoms with Gasteiger partial charge in [0.05, 0.1) is 0 Å². The molecule has 1 aromatic heterocycles. The third-order valence-corrected chi connectivity index (χ3v) is 6.38. The third-order valence-electron chi connectivity index (χ3n) is 6.17. The highest BCUT2D eigenvalue weighted by Gasteiger charge is 2.51. The monoisotopic (exact) mass is 492 g/mol. The highest BCUT2D eigenvalue weighted by atomic mass is 35.5. The molecule has 1 aromatic carbocycles. The molecular formula is C23H27ClF2N6O2. The number of benzene rings is 1. The molecule has 2 fully saturated rings. The number of nitrogens with one attached hydrogen (secondary N) is 3. The molecular weight excluding hydrogens is 466 g/mol. The smallest absolute Gasteiger partial charge is 0.255 e. The van der Waals surface area contributed by atoms with Crippen LogP contribution in [0, 0.1) is 11.6 Å². The maximum absolute atomic E-state index is 15.7. The van der Waals surface area contributed by atoms with Crippen molar-refractivity contribution in [3.63, 3.8) is 0 Å². The molecule has 8 nitrogen and oxygen atoms in total. The molecule has 2 aliphatic rings. The van der Waals surface area contributed by atoms with Crippen molar-refractivity contribution in [2.24, 2.45) is 0 Å². The molecule has 0 aliphatic carbocycles. The van der Waals surface area contributed by atoms with E-state index in [9.17, 15) is 14.0 Å². The average Bonchev–Trinajstić information content (AvgIpc) is 2.80. The molecule has 0 bridgehead atoms. The Balaban J connectivity index is 1.81. The van der Waals surface area contributed by atoms with Gasteiger partial charge in [-0.05, 0) is 50.3 Å². The van der Waals surface area contributed by atoms with E-state index in [0.29, 0.717) is 32.5 Å². The number of carbonyl (C=O) groups excluding carboxylic acids is 2. The van der Waals surface area contributed by atoms with Crippen LogP contribution in [0.2, 0.25) is 5.02 Å². The van der Waals surface area contributed by atoms with Gasteiger partial charge >= 0.3 is 0 Å². The lowest BCUT2D eigenvalue weighted by Gasteiger charge is -2.45. The molecule has 11 heteroatoms. The van der Waals surface area contributed by atoms with Crippen molar-refractivity contribution in [1.29, 1.82) is 0 Å². The lowest BCUT2D eigenvalue weighted by molar-refractivity contribution is -0.148. The van der Waals surface area contributed by atoms with E-state index in [1.54, 1.807) is 0 Å². The Bertz CT molecular complexity index is 1070. The van der Waals surface area contributed by atoms with Crippen molar-refractivity contribution in [2.45, 2.75) is 50.6 Å². The Morgan fingerprint density at radius 2 is 2.06 bits per heavy atom. The predicted molar refractivity (Wildman–Crippen MR) is 124 cm³/mol. The number of hydrogen-bond acceptors (Lipinski definition) is 6. The van der Waals surface area contributed by atoms with E-state index in [1.807, 2.05) is 6.92 Å². The maximum Gasteiger partial charge on any atom is 0.255 e. The summed E-state index contributed by atoms with van der Waals surface area (Å²) in [6, 6.07) is 3.11. The number of anilines is 2. The number of nitrogens with zero attached hydrogens (tertiary/aromatic N) is 3. The van der Waals surface area contributed by atoms with Gasteiger partial charge in [0.25, 0.3) is 5.91 Å². The van der Waals surface area contributed by atoms with Gasteiger partial charge < -0.3 is 20.9 Å². The number of halogens is 3. The molecule has 2 saturated heterocycles. The first-order valence-electron chi connectivity index (χ1n) is 11.4. The summed E-state index contributed by atoms with van der Waals surface area (Å²) < 4.78 is 29.9. The van der Waals surface area contributed by atoms with Crippen LogP contribution in [0.5, 0.6) is 0 Å². The molecule has 2 aromatic rings. The van der Waals surface area contributed by atoms with Crippen LogP contribution < -0.4 is 16.0 Å². The largest absolute Gasteiger partial charge is 0.368 e. The van der Waals surface area contributed by atoms with E-state index in [2.05, 4.69) is 25.9 Å². The van der Waals surface area contributed by atoms with E-state index in [4.69, 9.17) is 11.6 Å². The van der Waals surface area contributed by atoms with Crippen molar-refractivity contribution < 1.29 is 18.4 Å². The first-order valence-corrected chi connectivity index (χ1v) is 11.8. The molecule has 34 heavy (non-hydrogen) atoms. The zero-order chi connectivity index (χ0) is 24.3. The van der Waals surface area contributed by atoms with E-state index < -0.39 is 29.1 Å². The fourth-order valence-corrected chi connectivity index (χ4v) is 4.84. The van der Waals surface area contributed by atoms with Crippen LogP contribution in [0.3, 0.4) is 0 Å². The quantitative estimate of drug-likeness (QED) is 0.547. The Kier molecular flexibility index (Phi) is 7.16. The highest BCUT2D eigenvalue weighted by Crippen LogP contribution is 2.39.